The molecule has 2 bridgehead atoms. The highest BCUT2D eigenvalue weighted by Gasteiger charge is 2.36. The standard InChI is InChI=1S/C17H26N4O.2ClH/c22-17(9-12-7-14-4-5-15(8-12)20-14)21-6-2-1-3-16(21)13-10-18-19-11-13;;/h10-12,14-16,20H,1-9H2,(H,18,19);2*1H. The van der Waals surface area contributed by atoms with E-state index in [2.05, 4.69) is 20.4 Å². The van der Waals surface area contributed by atoms with Crippen LogP contribution in [0.3, 0.4) is 0 Å². The van der Waals surface area contributed by atoms with Crippen LogP contribution >= 0.6 is 24.8 Å². The zero-order valence-electron chi connectivity index (χ0n) is 13.9. The van der Waals surface area contributed by atoms with Crippen LogP contribution in [-0.4, -0.2) is 39.6 Å². The van der Waals surface area contributed by atoms with E-state index >= 15 is 0 Å². The Morgan fingerprint density at radius 1 is 1.17 bits per heavy atom. The van der Waals surface area contributed by atoms with Crippen LogP contribution in [0.1, 0.15) is 63.0 Å². The minimum absolute atomic E-state index is 0. The molecule has 5 nitrogen and oxygen atoms in total. The molecule has 2 N–H and O–H groups in total. The number of aromatic amines is 1. The summed E-state index contributed by atoms with van der Waals surface area (Å²) in [5, 5.41) is 10.6. The van der Waals surface area contributed by atoms with Gasteiger partial charge in [0.2, 0.25) is 5.91 Å². The van der Waals surface area contributed by atoms with Crippen molar-refractivity contribution >= 4 is 30.7 Å². The first kappa shape index (κ1) is 19.5. The van der Waals surface area contributed by atoms with Gasteiger partial charge in [-0.05, 0) is 50.9 Å². The van der Waals surface area contributed by atoms with Gasteiger partial charge < -0.3 is 10.2 Å². The molecule has 0 saturated carbocycles. The summed E-state index contributed by atoms with van der Waals surface area (Å²) in [5.74, 6) is 0.940. The van der Waals surface area contributed by atoms with Gasteiger partial charge in [0, 0.05) is 36.8 Å². The monoisotopic (exact) mass is 374 g/mol. The Morgan fingerprint density at radius 3 is 2.58 bits per heavy atom. The third-order valence-electron chi connectivity index (χ3n) is 5.76. The Morgan fingerprint density at radius 2 is 1.92 bits per heavy atom. The maximum atomic E-state index is 12.9. The molecule has 7 heteroatoms. The number of carbonyl (C=O) groups excluding carboxylic acids is 1. The second-order valence-corrected chi connectivity index (χ2v) is 7.31. The lowest BCUT2D eigenvalue weighted by atomic mass is 9.88. The van der Waals surface area contributed by atoms with Gasteiger partial charge in [0.15, 0.2) is 0 Å². The van der Waals surface area contributed by atoms with Gasteiger partial charge >= 0.3 is 0 Å². The molecule has 4 rings (SSSR count). The number of carbonyl (C=O) groups is 1. The Labute approximate surface area is 156 Å². The molecule has 136 valence electrons. The van der Waals surface area contributed by atoms with Crippen LogP contribution in [0, 0.1) is 5.92 Å². The molecular weight excluding hydrogens is 347 g/mol. The maximum Gasteiger partial charge on any atom is 0.223 e. The number of nitrogens with zero attached hydrogens (tertiary/aromatic N) is 2. The second-order valence-electron chi connectivity index (χ2n) is 7.31. The molecule has 24 heavy (non-hydrogen) atoms. The average Bonchev–Trinajstić information content (AvgIpc) is 3.17. The topological polar surface area (TPSA) is 61.0 Å². The van der Waals surface area contributed by atoms with E-state index in [1.54, 1.807) is 0 Å². The SMILES string of the molecule is Cl.Cl.O=C(CC1CC2CCC(C1)N2)N1CCCCC1c1cn[nH]c1. The third-order valence-corrected chi connectivity index (χ3v) is 5.76. The predicted octanol–water partition coefficient (Wildman–Crippen LogP) is 3.23. The third kappa shape index (κ3) is 4.06. The molecule has 3 unspecified atom stereocenters. The molecule has 3 saturated heterocycles. The van der Waals surface area contributed by atoms with Gasteiger partial charge in [-0.15, -0.1) is 24.8 Å². The molecule has 0 aromatic carbocycles. The van der Waals surface area contributed by atoms with Gasteiger partial charge in [0.05, 0.1) is 12.2 Å². The Balaban J connectivity index is 0.00000104. The van der Waals surface area contributed by atoms with Crippen molar-refractivity contribution in [3.63, 3.8) is 0 Å². The minimum Gasteiger partial charge on any atom is -0.336 e. The Kier molecular flexibility index (Phi) is 6.96. The predicted molar refractivity (Wildman–Crippen MR) is 98.7 cm³/mol. The molecule has 3 aliphatic heterocycles. The van der Waals surface area contributed by atoms with Gasteiger partial charge in [-0.1, -0.05) is 0 Å². The number of amides is 1. The summed E-state index contributed by atoms with van der Waals surface area (Å²) in [6, 6.07) is 1.57. The van der Waals surface area contributed by atoms with Crippen LogP contribution < -0.4 is 5.32 Å². The Bertz CT molecular complexity index is 513. The van der Waals surface area contributed by atoms with Gasteiger partial charge in [0.1, 0.15) is 0 Å². The number of fused-ring (bicyclic) bond motifs is 2. The summed E-state index contributed by atoms with van der Waals surface area (Å²) in [5.41, 5.74) is 1.17. The summed E-state index contributed by atoms with van der Waals surface area (Å²) in [7, 11) is 0. The van der Waals surface area contributed by atoms with Crippen LogP contribution in [0.5, 0.6) is 0 Å². The highest BCUT2D eigenvalue weighted by Crippen LogP contribution is 2.35. The number of halogens is 2. The number of rotatable bonds is 3. The van der Waals surface area contributed by atoms with Gasteiger partial charge in [0.25, 0.3) is 0 Å². The van der Waals surface area contributed by atoms with E-state index in [1.807, 2.05) is 12.4 Å². The zero-order chi connectivity index (χ0) is 14.9. The fourth-order valence-corrected chi connectivity index (χ4v) is 4.73. The lowest BCUT2D eigenvalue weighted by molar-refractivity contribution is -0.136. The van der Waals surface area contributed by atoms with Crippen LogP contribution in [-0.2, 0) is 4.79 Å². The summed E-state index contributed by atoms with van der Waals surface area (Å²) in [4.78, 5) is 15.0. The van der Waals surface area contributed by atoms with Crippen LogP contribution in [0.2, 0.25) is 0 Å². The smallest absolute Gasteiger partial charge is 0.223 e. The highest BCUT2D eigenvalue weighted by atomic mass is 35.5. The van der Waals surface area contributed by atoms with Crippen molar-refractivity contribution in [1.82, 2.24) is 20.4 Å². The fraction of sp³-hybridized carbons (Fsp3) is 0.765. The molecule has 3 aliphatic rings. The number of hydrogen-bond donors (Lipinski definition) is 2. The van der Waals surface area contributed by atoms with E-state index in [1.165, 1.54) is 37.7 Å². The molecule has 4 heterocycles. The van der Waals surface area contributed by atoms with Crippen LogP contribution in [0.25, 0.3) is 0 Å². The van der Waals surface area contributed by atoms with Crippen molar-refractivity contribution in [2.24, 2.45) is 5.92 Å². The van der Waals surface area contributed by atoms with Crippen molar-refractivity contribution in [2.75, 3.05) is 6.54 Å². The Hall–Kier alpha value is -0.780. The van der Waals surface area contributed by atoms with E-state index in [-0.39, 0.29) is 30.9 Å². The van der Waals surface area contributed by atoms with Crippen molar-refractivity contribution in [3.8, 4) is 0 Å². The van der Waals surface area contributed by atoms with Crippen molar-refractivity contribution < 1.29 is 4.79 Å². The first-order chi connectivity index (χ1) is 10.8. The summed E-state index contributed by atoms with van der Waals surface area (Å²) < 4.78 is 0. The van der Waals surface area contributed by atoms with E-state index in [9.17, 15) is 4.79 Å². The van der Waals surface area contributed by atoms with Crippen LogP contribution in [0.4, 0.5) is 0 Å². The summed E-state index contributed by atoms with van der Waals surface area (Å²) in [6.45, 7) is 0.909. The zero-order valence-corrected chi connectivity index (χ0v) is 15.6. The first-order valence-corrected chi connectivity index (χ1v) is 8.84. The van der Waals surface area contributed by atoms with E-state index in [4.69, 9.17) is 0 Å². The normalized spacial score (nSPS) is 31.9. The number of nitrogens with one attached hydrogen (secondary N) is 2. The maximum absolute atomic E-state index is 12.9. The quantitative estimate of drug-likeness (QED) is 0.853. The number of aromatic nitrogens is 2. The lowest BCUT2D eigenvalue weighted by Crippen LogP contribution is -2.42. The average molecular weight is 375 g/mol. The molecule has 0 aliphatic carbocycles. The molecule has 1 aromatic rings. The highest BCUT2D eigenvalue weighted by molar-refractivity contribution is 5.85. The van der Waals surface area contributed by atoms with E-state index in [0.717, 1.165) is 25.8 Å². The molecule has 1 aromatic heterocycles. The molecule has 3 fully saturated rings. The van der Waals surface area contributed by atoms with E-state index < -0.39 is 0 Å². The second kappa shape index (κ2) is 8.54. The number of piperidine rings is 2. The first-order valence-electron chi connectivity index (χ1n) is 8.84. The van der Waals surface area contributed by atoms with Crippen molar-refractivity contribution in [3.05, 3.63) is 18.0 Å². The summed E-state index contributed by atoms with van der Waals surface area (Å²) in [6.07, 6.45) is 13.0. The van der Waals surface area contributed by atoms with Gasteiger partial charge in [-0.25, -0.2) is 0 Å². The van der Waals surface area contributed by atoms with Crippen molar-refractivity contribution in [2.45, 2.75) is 69.5 Å². The number of H-pyrrole nitrogens is 1. The molecular formula is C17H28Cl2N4O. The molecule has 0 spiro atoms. The van der Waals surface area contributed by atoms with E-state index in [0.29, 0.717) is 23.9 Å². The van der Waals surface area contributed by atoms with Gasteiger partial charge in [-0.2, -0.15) is 5.10 Å². The molecule has 3 atom stereocenters. The van der Waals surface area contributed by atoms with Crippen LogP contribution in [0.15, 0.2) is 12.4 Å². The lowest BCUT2D eigenvalue weighted by Gasteiger charge is -2.37. The van der Waals surface area contributed by atoms with Gasteiger partial charge in [-0.3, -0.25) is 9.89 Å². The summed E-state index contributed by atoms with van der Waals surface area (Å²) >= 11 is 0. The molecule has 0 radical (unpaired) electrons. The largest absolute Gasteiger partial charge is 0.336 e. The minimum atomic E-state index is 0. The number of likely N-dealkylation sites (tertiary alicyclic amines) is 1. The number of hydrogen-bond acceptors (Lipinski definition) is 3. The molecule has 1 amide bonds. The van der Waals surface area contributed by atoms with Crippen molar-refractivity contribution in [1.29, 1.82) is 0 Å². The fourth-order valence-electron chi connectivity index (χ4n) is 4.73.